The number of benzene rings is 3. The van der Waals surface area contributed by atoms with Crippen LogP contribution in [0.5, 0.6) is 0 Å². The van der Waals surface area contributed by atoms with Gasteiger partial charge in [-0.15, -0.1) is 0 Å². The van der Waals surface area contributed by atoms with Crippen LogP contribution < -0.4 is 9.62 Å². The summed E-state index contributed by atoms with van der Waals surface area (Å²) in [7, 11) is -4.25. The number of sulfonamides is 1. The molecule has 0 aromatic heterocycles. The van der Waals surface area contributed by atoms with E-state index in [4.69, 9.17) is 34.8 Å². The van der Waals surface area contributed by atoms with E-state index in [1.165, 1.54) is 29.2 Å². The van der Waals surface area contributed by atoms with E-state index in [1.54, 1.807) is 55.5 Å². The summed E-state index contributed by atoms with van der Waals surface area (Å²) in [6, 6.07) is 18.3. The Bertz CT molecular complexity index is 1420. The summed E-state index contributed by atoms with van der Waals surface area (Å²) in [4.78, 5) is 28.8. The van der Waals surface area contributed by atoms with E-state index >= 15 is 0 Å². The molecule has 2 amide bonds. The Morgan fingerprint density at radius 1 is 0.875 bits per heavy atom. The molecule has 0 aliphatic carbocycles. The van der Waals surface area contributed by atoms with Crippen molar-refractivity contribution in [3.63, 3.8) is 0 Å². The van der Waals surface area contributed by atoms with E-state index in [0.29, 0.717) is 17.9 Å². The summed E-state index contributed by atoms with van der Waals surface area (Å²) in [5.74, 6) is -0.908. The highest BCUT2D eigenvalue weighted by Crippen LogP contribution is 2.35. The zero-order chi connectivity index (χ0) is 29.4. The summed E-state index contributed by atoms with van der Waals surface area (Å²) < 4.78 is 28.7. The molecule has 11 heteroatoms. The number of nitrogens with one attached hydrogen (secondary N) is 1. The molecule has 0 aliphatic rings. The molecule has 3 rings (SSSR count). The summed E-state index contributed by atoms with van der Waals surface area (Å²) in [5, 5.41) is 3.60. The highest BCUT2D eigenvalue weighted by atomic mass is 35.5. The predicted octanol–water partition coefficient (Wildman–Crippen LogP) is 6.56. The smallest absolute Gasteiger partial charge is 0.264 e. The van der Waals surface area contributed by atoms with Gasteiger partial charge in [-0.25, -0.2) is 8.42 Å². The SMILES string of the molecule is CC[C@H](C(=O)N[C@@H](C)CC)N(Cc1ccc(Cl)cc1)C(=O)CN(c1cccc(Cl)c1Cl)S(=O)(=O)c1ccccc1. The van der Waals surface area contributed by atoms with Crippen molar-refractivity contribution in [2.75, 3.05) is 10.8 Å². The number of hydrogen-bond acceptors (Lipinski definition) is 4. The summed E-state index contributed by atoms with van der Waals surface area (Å²) in [6.07, 6.45) is 1.02. The van der Waals surface area contributed by atoms with Gasteiger partial charge in [0.05, 0.1) is 20.6 Å². The van der Waals surface area contributed by atoms with Crippen molar-refractivity contribution in [2.24, 2.45) is 0 Å². The molecule has 0 radical (unpaired) electrons. The van der Waals surface area contributed by atoms with Crippen molar-refractivity contribution < 1.29 is 18.0 Å². The van der Waals surface area contributed by atoms with Crippen LogP contribution in [0.2, 0.25) is 15.1 Å². The molecule has 3 aromatic carbocycles. The van der Waals surface area contributed by atoms with Gasteiger partial charge in [0.15, 0.2) is 0 Å². The highest BCUT2D eigenvalue weighted by Gasteiger charge is 2.34. The number of anilines is 1. The fourth-order valence-electron chi connectivity index (χ4n) is 4.07. The van der Waals surface area contributed by atoms with Crippen molar-refractivity contribution in [2.45, 2.75) is 57.1 Å². The summed E-state index contributed by atoms with van der Waals surface area (Å²) in [6.45, 7) is 5.08. The molecule has 7 nitrogen and oxygen atoms in total. The lowest BCUT2D eigenvalue weighted by atomic mass is 10.1. The van der Waals surface area contributed by atoms with Crippen LogP contribution in [0.3, 0.4) is 0 Å². The van der Waals surface area contributed by atoms with Gasteiger partial charge in [0.25, 0.3) is 10.0 Å². The lowest BCUT2D eigenvalue weighted by Gasteiger charge is -2.34. The van der Waals surface area contributed by atoms with Crippen LogP contribution in [0.15, 0.2) is 77.7 Å². The standard InChI is InChI=1S/C29H32Cl3N3O4S/c1-4-20(3)33-29(37)25(5-2)34(18-21-14-16-22(30)17-15-21)27(36)19-35(26-13-9-12-24(31)28(26)32)40(38,39)23-10-7-6-8-11-23/h6-17,20,25H,4-5,18-19H2,1-3H3,(H,33,37)/t20-,25+/m0/s1. The Kier molecular flexibility index (Phi) is 11.3. The second-order valence-corrected chi connectivity index (χ2v) is 12.4. The van der Waals surface area contributed by atoms with Gasteiger partial charge in [-0.05, 0) is 61.7 Å². The average molecular weight is 625 g/mol. The number of carbonyl (C=O) groups excluding carboxylic acids is 2. The zero-order valence-electron chi connectivity index (χ0n) is 22.5. The van der Waals surface area contributed by atoms with Crippen LogP contribution in [-0.4, -0.2) is 43.8 Å². The molecule has 0 saturated carbocycles. The highest BCUT2D eigenvalue weighted by molar-refractivity contribution is 7.92. The van der Waals surface area contributed by atoms with E-state index < -0.39 is 28.5 Å². The molecule has 214 valence electrons. The van der Waals surface area contributed by atoms with Crippen LogP contribution >= 0.6 is 34.8 Å². The minimum Gasteiger partial charge on any atom is -0.352 e. The minimum absolute atomic E-state index is 0.0118. The van der Waals surface area contributed by atoms with E-state index in [-0.39, 0.29) is 39.1 Å². The molecule has 0 unspecified atom stereocenters. The van der Waals surface area contributed by atoms with Crippen molar-refractivity contribution >= 4 is 62.3 Å². The Labute approximate surface area is 251 Å². The molecule has 1 N–H and O–H groups in total. The van der Waals surface area contributed by atoms with Gasteiger partial charge >= 0.3 is 0 Å². The maximum absolute atomic E-state index is 14.1. The van der Waals surface area contributed by atoms with E-state index in [1.807, 2.05) is 13.8 Å². The number of halogens is 3. The summed E-state index contributed by atoms with van der Waals surface area (Å²) in [5.41, 5.74) is 0.778. The molecule has 0 spiro atoms. The second kappa shape index (κ2) is 14.2. The van der Waals surface area contributed by atoms with Crippen molar-refractivity contribution in [3.05, 3.63) is 93.4 Å². The zero-order valence-corrected chi connectivity index (χ0v) is 25.6. The Morgan fingerprint density at radius 3 is 2.12 bits per heavy atom. The van der Waals surface area contributed by atoms with Crippen molar-refractivity contribution in [1.29, 1.82) is 0 Å². The molecule has 0 bridgehead atoms. The van der Waals surface area contributed by atoms with Crippen LogP contribution in [-0.2, 0) is 26.2 Å². The lowest BCUT2D eigenvalue weighted by Crippen LogP contribution is -2.53. The van der Waals surface area contributed by atoms with E-state index in [0.717, 1.165) is 9.87 Å². The third kappa shape index (κ3) is 7.69. The monoisotopic (exact) mass is 623 g/mol. The van der Waals surface area contributed by atoms with Gasteiger partial charge in [0, 0.05) is 17.6 Å². The molecule has 0 aliphatic heterocycles. The third-order valence-corrected chi connectivity index (χ3v) is 9.30. The predicted molar refractivity (Wildman–Crippen MR) is 161 cm³/mol. The Balaban J connectivity index is 2.08. The first-order valence-corrected chi connectivity index (χ1v) is 15.4. The quantitative estimate of drug-likeness (QED) is 0.247. The molecule has 0 saturated heterocycles. The van der Waals surface area contributed by atoms with Crippen LogP contribution in [0.25, 0.3) is 0 Å². The van der Waals surface area contributed by atoms with Gasteiger partial charge in [0.2, 0.25) is 11.8 Å². The summed E-state index contributed by atoms with van der Waals surface area (Å²) >= 11 is 18.8. The van der Waals surface area contributed by atoms with Crippen molar-refractivity contribution in [3.8, 4) is 0 Å². The molecular formula is C29H32Cl3N3O4S. The Morgan fingerprint density at radius 2 is 1.52 bits per heavy atom. The van der Waals surface area contributed by atoms with Crippen LogP contribution in [0.1, 0.15) is 39.2 Å². The maximum atomic E-state index is 14.1. The second-order valence-electron chi connectivity index (χ2n) is 9.29. The molecule has 0 heterocycles. The first-order chi connectivity index (χ1) is 19.0. The number of hydrogen-bond donors (Lipinski definition) is 1. The fraction of sp³-hybridized carbons (Fsp3) is 0.310. The third-order valence-electron chi connectivity index (χ3n) is 6.46. The normalized spacial score (nSPS) is 12.8. The van der Waals surface area contributed by atoms with Crippen molar-refractivity contribution in [1.82, 2.24) is 10.2 Å². The number of nitrogens with zero attached hydrogens (tertiary/aromatic N) is 2. The minimum atomic E-state index is -4.25. The van der Waals surface area contributed by atoms with Crippen LogP contribution in [0, 0.1) is 0 Å². The average Bonchev–Trinajstić information content (AvgIpc) is 2.94. The Hall–Kier alpha value is -2.78. The number of amides is 2. The first kappa shape index (κ1) is 31.7. The molecule has 40 heavy (non-hydrogen) atoms. The molecular weight excluding hydrogens is 593 g/mol. The van der Waals surface area contributed by atoms with Gasteiger partial charge in [0.1, 0.15) is 12.6 Å². The number of carbonyl (C=O) groups is 2. The van der Waals surface area contributed by atoms with Crippen LogP contribution in [0.4, 0.5) is 5.69 Å². The molecule has 2 atom stereocenters. The maximum Gasteiger partial charge on any atom is 0.264 e. The molecule has 0 fully saturated rings. The topological polar surface area (TPSA) is 86.8 Å². The van der Waals surface area contributed by atoms with Gasteiger partial charge < -0.3 is 10.2 Å². The van der Waals surface area contributed by atoms with Gasteiger partial charge in [-0.2, -0.15) is 0 Å². The largest absolute Gasteiger partial charge is 0.352 e. The lowest BCUT2D eigenvalue weighted by molar-refractivity contribution is -0.140. The number of rotatable bonds is 12. The van der Waals surface area contributed by atoms with E-state index in [9.17, 15) is 18.0 Å². The fourth-order valence-corrected chi connectivity index (χ4v) is 6.09. The van der Waals surface area contributed by atoms with E-state index in [2.05, 4.69) is 5.32 Å². The van der Waals surface area contributed by atoms with Gasteiger partial charge in [-0.1, -0.05) is 85.0 Å². The molecule has 3 aromatic rings. The first-order valence-electron chi connectivity index (χ1n) is 12.9. The van der Waals surface area contributed by atoms with Gasteiger partial charge in [-0.3, -0.25) is 13.9 Å².